The van der Waals surface area contributed by atoms with Gasteiger partial charge in [-0.3, -0.25) is 0 Å². The maximum atomic E-state index is 5.89. The first-order chi connectivity index (χ1) is 3.72. The van der Waals surface area contributed by atoms with Crippen molar-refractivity contribution in [3.63, 3.8) is 0 Å². The predicted octanol–water partition coefficient (Wildman–Crippen LogP) is 2.12. The molecule has 0 aromatic carbocycles. The van der Waals surface area contributed by atoms with Gasteiger partial charge in [0.1, 0.15) is 7.57 Å². The van der Waals surface area contributed by atoms with Crippen LogP contribution < -0.4 is 0 Å². The van der Waals surface area contributed by atoms with Crippen LogP contribution >= 0.6 is 7.80 Å². The number of hydrogen-bond acceptors (Lipinski definition) is 0. The summed E-state index contributed by atoms with van der Waals surface area (Å²) in [6.07, 6.45) is 2.73. The van der Waals surface area contributed by atoms with Gasteiger partial charge in [-0.25, -0.2) is 0 Å². The first kappa shape index (κ1) is 6.61. The molecule has 1 fully saturated rings. The van der Waals surface area contributed by atoms with Gasteiger partial charge in [-0.1, -0.05) is 13.8 Å². The van der Waals surface area contributed by atoms with E-state index in [0.29, 0.717) is 0 Å². The van der Waals surface area contributed by atoms with E-state index in [9.17, 15) is 0 Å². The molecule has 0 nitrogen and oxygen atoms in total. The van der Waals surface area contributed by atoms with Gasteiger partial charge in [-0.05, 0) is 24.2 Å². The van der Waals surface area contributed by atoms with Crippen LogP contribution in [0.1, 0.15) is 26.7 Å². The molecule has 0 saturated carbocycles. The second-order valence-electron chi connectivity index (χ2n) is 2.72. The van der Waals surface area contributed by atoms with E-state index in [-0.39, 0.29) is 7.80 Å². The first-order valence-electron chi connectivity index (χ1n) is 3.25. The van der Waals surface area contributed by atoms with Gasteiger partial charge in [0.25, 0.3) is 0 Å². The molecule has 1 aliphatic rings. The lowest BCUT2D eigenvalue weighted by molar-refractivity contribution is 0.777. The van der Waals surface area contributed by atoms with Crippen molar-refractivity contribution in [2.24, 2.45) is 0 Å². The van der Waals surface area contributed by atoms with Crippen molar-refractivity contribution >= 4 is 15.4 Å². The molecule has 0 aromatic rings. The molecular weight excluding hydrogens is 114 g/mol. The highest BCUT2D eigenvalue weighted by Crippen LogP contribution is 2.51. The van der Waals surface area contributed by atoms with Crippen molar-refractivity contribution in [1.82, 2.24) is 0 Å². The van der Waals surface area contributed by atoms with Gasteiger partial charge in [0.2, 0.25) is 0 Å². The smallest absolute Gasteiger partial charge is 0.109 e. The summed E-state index contributed by atoms with van der Waals surface area (Å²) in [5, 5.41) is 0. The minimum Gasteiger partial charge on any atom is -0.151 e. The summed E-state index contributed by atoms with van der Waals surface area (Å²) >= 11 is 0. The van der Waals surface area contributed by atoms with Gasteiger partial charge in [0.05, 0.1) is 0 Å². The highest BCUT2D eigenvalue weighted by atomic mass is 31.1. The van der Waals surface area contributed by atoms with Gasteiger partial charge >= 0.3 is 0 Å². The lowest BCUT2D eigenvalue weighted by Gasteiger charge is -2.14. The van der Waals surface area contributed by atoms with Crippen molar-refractivity contribution in [2.75, 3.05) is 0 Å². The molecule has 0 bridgehead atoms. The van der Waals surface area contributed by atoms with Crippen molar-refractivity contribution < 1.29 is 0 Å². The Labute approximate surface area is 54.2 Å². The third-order valence-electron chi connectivity index (χ3n) is 2.02. The third-order valence-corrected chi connectivity index (χ3v) is 4.57. The molecule has 2 heteroatoms. The zero-order valence-corrected chi connectivity index (χ0v) is 6.49. The standard InChI is InChI=1S/C6H12BP/c1-5-3-4-6(2)8(5)7/h5-6H,3-4H2,1-2H3. The van der Waals surface area contributed by atoms with Crippen molar-refractivity contribution in [2.45, 2.75) is 38.0 Å². The quantitative estimate of drug-likeness (QED) is 0.344. The molecule has 2 radical (unpaired) electrons. The predicted molar refractivity (Wildman–Crippen MR) is 40.8 cm³/mol. The zero-order valence-electron chi connectivity index (χ0n) is 5.59. The van der Waals surface area contributed by atoms with E-state index in [0.717, 1.165) is 11.3 Å². The fourth-order valence-corrected chi connectivity index (χ4v) is 2.98. The summed E-state index contributed by atoms with van der Waals surface area (Å²) < 4.78 is 0. The normalized spacial score (nSPS) is 47.5. The molecule has 0 amide bonds. The fraction of sp³-hybridized carbons (Fsp3) is 1.00. The topological polar surface area (TPSA) is 0 Å². The van der Waals surface area contributed by atoms with E-state index < -0.39 is 0 Å². The summed E-state index contributed by atoms with van der Waals surface area (Å²) in [5.74, 6) is 0. The summed E-state index contributed by atoms with van der Waals surface area (Å²) in [7, 11) is 5.80. The Kier molecular flexibility index (Phi) is 1.98. The average molecular weight is 126 g/mol. The van der Waals surface area contributed by atoms with Crippen LogP contribution in [-0.4, -0.2) is 18.9 Å². The molecule has 1 rings (SSSR count). The van der Waals surface area contributed by atoms with Crippen molar-refractivity contribution in [3.8, 4) is 0 Å². The van der Waals surface area contributed by atoms with Crippen molar-refractivity contribution in [1.29, 1.82) is 0 Å². The molecule has 8 heavy (non-hydrogen) atoms. The summed E-state index contributed by atoms with van der Waals surface area (Å²) in [4.78, 5) is 0. The Balaban J connectivity index is 2.44. The van der Waals surface area contributed by atoms with Gasteiger partial charge in [0.15, 0.2) is 0 Å². The number of rotatable bonds is 0. The van der Waals surface area contributed by atoms with Gasteiger partial charge in [0, 0.05) is 0 Å². The third kappa shape index (κ3) is 1.08. The number of hydrogen-bond donors (Lipinski definition) is 0. The van der Waals surface area contributed by atoms with E-state index in [2.05, 4.69) is 13.8 Å². The summed E-state index contributed by atoms with van der Waals surface area (Å²) in [6.45, 7) is 4.55. The van der Waals surface area contributed by atoms with Crippen LogP contribution in [0, 0.1) is 0 Å². The Bertz CT molecular complexity index is 74.6. The van der Waals surface area contributed by atoms with Crippen LogP contribution in [0.15, 0.2) is 0 Å². The highest BCUT2D eigenvalue weighted by Gasteiger charge is 2.24. The molecule has 1 heterocycles. The maximum Gasteiger partial charge on any atom is 0.109 e. The molecule has 1 saturated heterocycles. The maximum absolute atomic E-state index is 5.89. The van der Waals surface area contributed by atoms with Crippen LogP contribution in [0.2, 0.25) is 0 Å². The Hall–Kier alpha value is 0.495. The summed E-state index contributed by atoms with van der Waals surface area (Å²) in [6, 6.07) is 0. The minimum atomic E-state index is -0.0874. The second kappa shape index (κ2) is 2.39. The van der Waals surface area contributed by atoms with Gasteiger partial charge < -0.3 is 0 Å². The molecule has 2 atom stereocenters. The van der Waals surface area contributed by atoms with Gasteiger partial charge in [-0.15, -0.1) is 0 Å². The summed E-state index contributed by atoms with van der Waals surface area (Å²) in [5.41, 5.74) is 1.67. The first-order valence-corrected chi connectivity index (χ1v) is 4.79. The molecular formula is C6H12BP. The van der Waals surface area contributed by atoms with Crippen LogP contribution in [0.3, 0.4) is 0 Å². The largest absolute Gasteiger partial charge is 0.151 e. The molecule has 0 N–H and O–H groups in total. The SMILES string of the molecule is [B]P1C(C)CCC1C. The molecule has 44 valence electrons. The molecule has 0 aliphatic carbocycles. The lowest BCUT2D eigenvalue weighted by atomic mass is 10.2. The lowest BCUT2D eigenvalue weighted by Crippen LogP contribution is -1.94. The minimum absolute atomic E-state index is 0.0874. The molecule has 0 spiro atoms. The molecule has 0 aromatic heterocycles. The zero-order chi connectivity index (χ0) is 6.15. The average Bonchev–Trinajstić information content (AvgIpc) is 1.98. The van der Waals surface area contributed by atoms with Crippen molar-refractivity contribution in [3.05, 3.63) is 0 Å². The van der Waals surface area contributed by atoms with E-state index in [4.69, 9.17) is 7.57 Å². The Morgan fingerprint density at radius 3 is 1.75 bits per heavy atom. The molecule has 1 aliphatic heterocycles. The van der Waals surface area contributed by atoms with Crippen LogP contribution in [0.4, 0.5) is 0 Å². The van der Waals surface area contributed by atoms with E-state index >= 15 is 0 Å². The van der Waals surface area contributed by atoms with Crippen LogP contribution in [0.5, 0.6) is 0 Å². The van der Waals surface area contributed by atoms with E-state index in [1.165, 1.54) is 12.8 Å². The molecule has 2 unspecified atom stereocenters. The van der Waals surface area contributed by atoms with E-state index in [1.54, 1.807) is 0 Å². The Morgan fingerprint density at radius 1 is 1.25 bits per heavy atom. The van der Waals surface area contributed by atoms with Crippen LogP contribution in [0.25, 0.3) is 0 Å². The fourth-order valence-electron chi connectivity index (χ4n) is 1.21. The van der Waals surface area contributed by atoms with E-state index in [1.807, 2.05) is 0 Å². The monoisotopic (exact) mass is 126 g/mol. The Morgan fingerprint density at radius 2 is 1.62 bits per heavy atom. The highest BCUT2D eigenvalue weighted by molar-refractivity contribution is 7.83. The second-order valence-corrected chi connectivity index (χ2v) is 5.38. The van der Waals surface area contributed by atoms with Gasteiger partial charge in [-0.2, -0.15) is 7.80 Å². The van der Waals surface area contributed by atoms with Crippen LogP contribution in [-0.2, 0) is 0 Å².